The number of carbonyl (C=O) groups excluding carboxylic acids is 1. The molecular weight excluding hydrogens is 262 g/mol. The molecule has 4 nitrogen and oxygen atoms in total. The second-order valence-corrected chi connectivity index (χ2v) is 4.13. The van der Waals surface area contributed by atoms with Gasteiger partial charge in [-0.15, -0.1) is 0 Å². The SMILES string of the molecule is C[C@@H](CO)NC(=O)c1ccc(Br)cc1O. The molecule has 0 unspecified atom stereocenters. The Kier molecular flexibility index (Phi) is 4.11. The average Bonchev–Trinajstić information content (AvgIpc) is 2.17. The summed E-state index contributed by atoms with van der Waals surface area (Å²) in [5, 5.41) is 20.8. The first-order valence-electron chi connectivity index (χ1n) is 4.45. The first-order chi connectivity index (χ1) is 7.04. The number of carbonyl (C=O) groups is 1. The Hall–Kier alpha value is -1.07. The van der Waals surface area contributed by atoms with Crippen LogP contribution >= 0.6 is 15.9 Å². The number of hydrogen-bond donors (Lipinski definition) is 3. The number of phenolic OH excluding ortho intramolecular Hbond substituents is 1. The lowest BCUT2D eigenvalue weighted by Gasteiger charge is -2.11. The summed E-state index contributed by atoms with van der Waals surface area (Å²) in [4.78, 5) is 11.5. The molecule has 0 aromatic heterocycles. The monoisotopic (exact) mass is 273 g/mol. The summed E-state index contributed by atoms with van der Waals surface area (Å²) >= 11 is 3.18. The van der Waals surface area contributed by atoms with E-state index in [1.165, 1.54) is 12.1 Å². The molecule has 0 saturated heterocycles. The second-order valence-electron chi connectivity index (χ2n) is 3.22. The first-order valence-corrected chi connectivity index (χ1v) is 5.24. The summed E-state index contributed by atoms with van der Waals surface area (Å²) in [6.07, 6.45) is 0. The highest BCUT2D eigenvalue weighted by Crippen LogP contribution is 2.22. The molecule has 1 aromatic carbocycles. The zero-order valence-corrected chi connectivity index (χ0v) is 9.78. The zero-order chi connectivity index (χ0) is 11.4. The lowest BCUT2D eigenvalue weighted by atomic mass is 10.2. The van der Waals surface area contributed by atoms with Crippen molar-refractivity contribution in [3.05, 3.63) is 28.2 Å². The van der Waals surface area contributed by atoms with Gasteiger partial charge in [0.15, 0.2) is 0 Å². The van der Waals surface area contributed by atoms with E-state index in [2.05, 4.69) is 21.2 Å². The summed E-state index contributed by atoms with van der Waals surface area (Å²) in [6, 6.07) is 4.29. The van der Waals surface area contributed by atoms with E-state index in [1.54, 1.807) is 13.0 Å². The van der Waals surface area contributed by atoms with Crippen molar-refractivity contribution in [3.63, 3.8) is 0 Å². The molecule has 1 aromatic rings. The van der Waals surface area contributed by atoms with Crippen molar-refractivity contribution in [1.29, 1.82) is 0 Å². The van der Waals surface area contributed by atoms with Gasteiger partial charge in [0.2, 0.25) is 0 Å². The van der Waals surface area contributed by atoms with Gasteiger partial charge >= 0.3 is 0 Å². The van der Waals surface area contributed by atoms with Gasteiger partial charge in [0.1, 0.15) is 5.75 Å². The Bertz CT molecular complexity index is 368. The minimum Gasteiger partial charge on any atom is -0.507 e. The number of benzene rings is 1. The van der Waals surface area contributed by atoms with Crippen LogP contribution in [0.4, 0.5) is 0 Å². The van der Waals surface area contributed by atoms with E-state index in [0.29, 0.717) is 4.47 Å². The maximum Gasteiger partial charge on any atom is 0.255 e. The van der Waals surface area contributed by atoms with Crippen molar-refractivity contribution in [1.82, 2.24) is 5.32 Å². The normalized spacial score (nSPS) is 12.2. The molecule has 15 heavy (non-hydrogen) atoms. The Morgan fingerprint density at radius 3 is 2.80 bits per heavy atom. The fourth-order valence-electron chi connectivity index (χ4n) is 1.04. The fourth-order valence-corrected chi connectivity index (χ4v) is 1.39. The summed E-state index contributed by atoms with van der Waals surface area (Å²) in [5.41, 5.74) is 0.193. The molecule has 0 heterocycles. The van der Waals surface area contributed by atoms with E-state index >= 15 is 0 Å². The third kappa shape index (κ3) is 3.21. The van der Waals surface area contributed by atoms with Crippen LogP contribution in [0, 0.1) is 0 Å². The predicted octanol–water partition coefficient (Wildman–Crippen LogP) is 1.27. The van der Waals surface area contributed by atoms with Gasteiger partial charge < -0.3 is 15.5 Å². The van der Waals surface area contributed by atoms with Crippen molar-refractivity contribution in [3.8, 4) is 5.75 Å². The number of nitrogens with one attached hydrogen (secondary N) is 1. The van der Waals surface area contributed by atoms with Crippen LogP contribution in [0.1, 0.15) is 17.3 Å². The smallest absolute Gasteiger partial charge is 0.255 e. The summed E-state index contributed by atoms with van der Waals surface area (Å²) in [6.45, 7) is 1.54. The van der Waals surface area contributed by atoms with Crippen LogP contribution in [-0.4, -0.2) is 28.8 Å². The highest BCUT2D eigenvalue weighted by Gasteiger charge is 2.12. The van der Waals surface area contributed by atoms with Crippen molar-refractivity contribution < 1.29 is 15.0 Å². The van der Waals surface area contributed by atoms with Gasteiger partial charge in [-0.05, 0) is 25.1 Å². The maximum atomic E-state index is 11.5. The second kappa shape index (κ2) is 5.14. The zero-order valence-electron chi connectivity index (χ0n) is 8.20. The minimum atomic E-state index is -0.401. The standard InChI is InChI=1S/C10H12BrNO3/c1-6(5-13)12-10(15)8-3-2-7(11)4-9(8)14/h2-4,6,13-14H,5H2,1H3,(H,12,15)/t6-/m0/s1. The fraction of sp³-hybridized carbons (Fsp3) is 0.300. The molecule has 0 aliphatic rings. The number of rotatable bonds is 3. The van der Waals surface area contributed by atoms with Gasteiger partial charge in [-0.2, -0.15) is 0 Å². The van der Waals surface area contributed by atoms with E-state index in [9.17, 15) is 9.90 Å². The molecule has 0 aliphatic heterocycles. The van der Waals surface area contributed by atoms with Gasteiger partial charge in [0.05, 0.1) is 12.2 Å². The van der Waals surface area contributed by atoms with Crippen LogP contribution in [0.3, 0.4) is 0 Å². The highest BCUT2D eigenvalue weighted by atomic mass is 79.9. The van der Waals surface area contributed by atoms with E-state index in [0.717, 1.165) is 0 Å². The number of amides is 1. The molecule has 1 amide bonds. The number of halogens is 1. The number of aliphatic hydroxyl groups is 1. The average molecular weight is 274 g/mol. The summed E-state index contributed by atoms with van der Waals surface area (Å²) in [5.74, 6) is -0.492. The number of hydrogen-bond acceptors (Lipinski definition) is 3. The highest BCUT2D eigenvalue weighted by molar-refractivity contribution is 9.10. The topological polar surface area (TPSA) is 69.6 Å². The Morgan fingerprint density at radius 2 is 2.27 bits per heavy atom. The number of aromatic hydroxyl groups is 1. The Labute approximate surface area is 96.1 Å². The lowest BCUT2D eigenvalue weighted by Crippen LogP contribution is -2.34. The summed E-state index contributed by atoms with van der Waals surface area (Å²) < 4.78 is 0.701. The van der Waals surface area contributed by atoms with Crippen molar-refractivity contribution in [2.45, 2.75) is 13.0 Å². The Morgan fingerprint density at radius 1 is 1.60 bits per heavy atom. The minimum absolute atomic E-state index is 0.0907. The molecule has 5 heteroatoms. The molecule has 0 bridgehead atoms. The van der Waals surface area contributed by atoms with Crippen molar-refractivity contribution in [2.24, 2.45) is 0 Å². The molecule has 1 rings (SSSR count). The van der Waals surface area contributed by atoms with Gasteiger partial charge in [-0.3, -0.25) is 4.79 Å². The Balaban J connectivity index is 2.82. The van der Waals surface area contributed by atoms with Crippen LogP contribution in [0.2, 0.25) is 0 Å². The van der Waals surface area contributed by atoms with Crippen LogP contribution in [-0.2, 0) is 0 Å². The van der Waals surface area contributed by atoms with E-state index in [1.807, 2.05) is 0 Å². The molecule has 1 atom stereocenters. The van der Waals surface area contributed by atoms with E-state index < -0.39 is 5.91 Å². The third-order valence-electron chi connectivity index (χ3n) is 1.86. The van der Waals surface area contributed by atoms with Gasteiger partial charge in [0, 0.05) is 10.5 Å². The molecule has 82 valence electrons. The van der Waals surface area contributed by atoms with Crippen molar-refractivity contribution >= 4 is 21.8 Å². The quantitative estimate of drug-likeness (QED) is 0.777. The van der Waals surface area contributed by atoms with Crippen LogP contribution < -0.4 is 5.32 Å². The molecule has 0 fully saturated rings. The lowest BCUT2D eigenvalue weighted by molar-refractivity contribution is 0.0919. The maximum absolute atomic E-state index is 11.5. The molecule has 0 saturated carbocycles. The van der Waals surface area contributed by atoms with Crippen LogP contribution in [0.25, 0.3) is 0 Å². The van der Waals surface area contributed by atoms with E-state index in [4.69, 9.17) is 5.11 Å². The van der Waals surface area contributed by atoms with Crippen LogP contribution in [0.5, 0.6) is 5.75 Å². The first kappa shape index (κ1) is 12.0. The third-order valence-corrected chi connectivity index (χ3v) is 2.35. The van der Waals surface area contributed by atoms with Crippen molar-refractivity contribution in [2.75, 3.05) is 6.61 Å². The van der Waals surface area contributed by atoms with Gasteiger partial charge in [0.25, 0.3) is 5.91 Å². The van der Waals surface area contributed by atoms with Gasteiger partial charge in [-0.25, -0.2) is 0 Å². The van der Waals surface area contributed by atoms with Gasteiger partial charge in [-0.1, -0.05) is 15.9 Å². The summed E-state index contributed by atoms with van der Waals surface area (Å²) in [7, 11) is 0. The molecular formula is C10H12BrNO3. The molecule has 3 N–H and O–H groups in total. The largest absolute Gasteiger partial charge is 0.507 e. The molecule has 0 spiro atoms. The van der Waals surface area contributed by atoms with Crippen LogP contribution in [0.15, 0.2) is 22.7 Å². The number of aliphatic hydroxyl groups excluding tert-OH is 1. The molecule has 0 radical (unpaired) electrons. The van der Waals surface area contributed by atoms with E-state index in [-0.39, 0.29) is 24.0 Å². The number of phenols is 1. The predicted molar refractivity (Wildman–Crippen MR) is 59.8 cm³/mol. The molecule has 0 aliphatic carbocycles.